The lowest BCUT2D eigenvalue weighted by molar-refractivity contribution is -0.137. The van der Waals surface area contributed by atoms with E-state index < -0.39 is 12.0 Å². The number of nitrogens with two attached hydrogens (primary N) is 1. The predicted molar refractivity (Wildman–Crippen MR) is 68.8 cm³/mol. The number of nitrogens with one attached hydrogen (secondary N) is 1. The maximum atomic E-state index is 10.7. The summed E-state index contributed by atoms with van der Waals surface area (Å²) >= 11 is 0. The molecule has 18 heavy (non-hydrogen) atoms. The number of hydrogen-bond donors (Lipinski definition) is 3. The van der Waals surface area contributed by atoms with Crippen LogP contribution < -0.4 is 10.5 Å². The molecule has 0 saturated carbocycles. The van der Waals surface area contributed by atoms with E-state index in [-0.39, 0.29) is 6.42 Å². The molecule has 1 heterocycles. The number of H-pyrrole nitrogens is 1. The minimum atomic E-state index is -0.921. The minimum absolute atomic E-state index is 0.120. The van der Waals surface area contributed by atoms with Gasteiger partial charge in [0.25, 0.3) is 0 Å². The van der Waals surface area contributed by atoms with Crippen LogP contribution in [0.15, 0.2) is 18.2 Å². The van der Waals surface area contributed by atoms with E-state index in [4.69, 9.17) is 15.6 Å². The van der Waals surface area contributed by atoms with Crippen LogP contribution in [0.25, 0.3) is 10.9 Å². The summed E-state index contributed by atoms with van der Waals surface area (Å²) in [6.45, 7) is 1.95. The molecule has 5 heteroatoms. The number of benzene rings is 1. The van der Waals surface area contributed by atoms with Crippen LogP contribution in [-0.4, -0.2) is 23.2 Å². The van der Waals surface area contributed by atoms with E-state index in [1.165, 1.54) is 0 Å². The summed E-state index contributed by atoms with van der Waals surface area (Å²) in [5.41, 5.74) is 8.59. The summed E-state index contributed by atoms with van der Waals surface area (Å²) in [7, 11) is 1.56. The lowest BCUT2D eigenvalue weighted by Crippen LogP contribution is -2.15. The number of hydrogen-bond acceptors (Lipinski definition) is 3. The maximum Gasteiger partial charge on any atom is 0.305 e. The molecule has 0 radical (unpaired) electrons. The molecule has 0 fully saturated rings. The Bertz CT molecular complexity index is 589. The first kappa shape index (κ1) is 12.4. The average molecular weight is 248 g/mol. The first-order chi connectivity index (χ1) is 8.52. The van der Waals surface area contributed by atoms with Gasteiger partial charge in [0.2, 0.25) is 0 Å². The highest BCUT2D eigenvalue weighted by molar-refractivity contribution is 5.88. The third-order valence-corrected chi connectivity index (χ3v) is 2.92. The van der Waals surface area contributed by atoms with Crippen LogP contribution in [0.3, 0.4) is 0 Å². The van der Waals surface area contributed by atoms with E-state index in [9.17, 15) is 4.79 Å². The fraction of sp³-hybridized carbons (Fsp3) is 0.308. The highest BCUT2D eigenvalue weighted by atomic mass is 16.5. The zero-order valence-electron chi connectivity index (χ0n) is 10.4. The van der Waals surface area contributed by atoms with Gasteiger partial charge in [0.1, 0.15) is 5.75 Å². The van der Waals surface area contributed by atoms with Crippen molar-refractivity contribution in [2.75, 3.05) is 7.11 Å². The second-order valence-corrected chi connectivity index (χ2v) is 4.31. The Labute approximate surface area is 105 Å². The van der Waals surface area contributed by atoms with Gasteiger partial charge < -0.3 is 20.6 Å². The van der Waals surface area contributed by atoms with Gasteiger partial charge in [-0.25, -0.2) is 0 Å². The van der Waals surface area contributed by atoms with Crippen LogP contribution in [0.4, 0.5) is 0 Å². The molecule has 0 spiro atoms. The number of aromatic amines is 1. The van der Waals surface area contributed by atoms with Gasteiger partial charge in [-0.2, -0.15) is 0 Å². The number of carbonyl (C=O) groups is 1. The van der Waals surface area contributed by atoms with Gasteiger partial charge in [-0.1, -0.05) is 6.07 Å². The lowest BCUT2D eigenvalue weighted by atomic mass is 10.0. The van der Waals surface area contributed by atoms with Crippen LogP contribution >= 0.6 is 0 Å². The van der Waals surface area contributed by atoms with Crippen molar-refractivity contribution in [3.63, 3.8) is 0 Å². The molecule has 1 atom stereocenters. The molecule has 2 rings (SSSR count). The maximum absolute atomic E-state index is 10.7. The molecule has 1 aromatic heterocycles. The Kier molecular flexibility index (Phi) is 3.25. The van der Waals surface area contributed by atoms with Gasteiger partial charge >= 0.3 is 5.97 Å². The van der Waals surface area contributed by atoms with Crippen LogP contribution in [0.1, 0.15) is 23.7 Å². The number of aryl methyl sites for hydroxylation is 1. The molecule has 0 amide bonds. The standard InChI is InChI=1S/C13H16N2O3/c1-7-5-9-11(15-7)4-3-8(13(9)18-2)10(14)6-12(16)17/h3-5,10,15H,6,14H2,1-2H3,(H,16,17). The first-order valence-electron chi connectivity index (χ1n) is 5.66. The van der Waals surface area contributed by atoms with Crippen LogP contribution in [-0.2, 0) is 4.79 Å². The van der Waals surface area contributed by atoms with Crippen molar-refractivity contribution in [3.05, 3.63) is 29.5 Å². The molecule has 0 aliphatic heterocycles. The van der Waals surface area contributed by atoms with E-state index in [0.29, 0.717) is 11.3 Å². The van der Waals surface area contributed by atoms with Crippen molar-refractivity contribution in [3.8, 4) is 5.75 Å². The second kappa shape index (κ2) is 4.70. The Balaban J connectivity index is 2.53. The number of fused-ring (bicyclic) bond motifs is 1. The molecule has 96 valence electrons. The molecule has 1 unspecified atom stereocenters. The van der Waals surface area contributed by atoms with E-state index in [0.717, 1.165) is 16.6 Å². The van der Waals surface area contributed by atoms with E-state index >= 15 is 0 Å². The zero-order valence-corrected chi connectivity index (χ0v) is 10.4. The summed E-state index contributed by atoms with van der Waals surface area (Å²) in [5.74, 6) is -0.277. The zero-order chi connectivity index (χ0) is 13.3. The number of ether oxygens (including phenoxy) is 1. The number of aliphatic carboxylic acids is 1. The smallest absolute Gasteiger partial charge is 0.305 e. The van der Waals surface area contributed by atoms with Crippen LogP contribution in [0, 0.1) is 6.92 Å². The van der Waals surface area contributed by atoms with Crippen molar-refractivity contribution >= 4 is 16.9 Å². The Morgan fingerprint density at radius 3 is 2.89 bits per heavy atom. The number of methoxy groups -OCH3 is 1. The second-order valence-electron chi connectivity index (χ2n) is 4.31. The summed E-state index contributed by atoms with van der Waals surface area (Å²) in [6, 6.07) is 5.09. The number of aromatic nitrogens is 1. The molecule has 1 aromatic carbocycles. The van der Waals surface area contributed by atoms with Gasteiger partial charge in [-0.15, -0.1) is 0 Å². The number of rotatable bonds is 4. The first-order valence-corrected chi connectivity index (χ1v) is 5.66. The molecule has 0 saturated heterocycles. The van der Waals surface area contributed by atoms with E-state index in [1.807, 2.05) is 25.1 Å². The van der Waals surface area contributed by atoms with Crippen molar-refractivity contribution in [1.29, 1.82) is 0 Å². The molecule has 2 aromatic rings. The van der Waals surface area contributed by atoms with Gasteiger partial charge in [-0.05, 0) is 19.1 Å². The quantitative estimate of drug-likeness (QED) is 0.771. The van der Waals surface area contributed by atoms with Crippen LogP contribution in [0.2, 0.25) is 0 Å². The predicted octanol–water partition coefficient (Wildman–Crippen LogP) is 1.96. The molecule has 5 nitrogen and oxygen atoms in total. The van der Waals surface area contributed by atoms with Crippen molar-refractivity contribution in [1.82, 2.24) is 4.98 Å². The third-order valence-electron chi connectivity index (χ3n) is 2.92. The van der Waals surface area contributed by atoms with Crippen molar-refractivity contribution in [2.24, 2.45) is 5.73 Å². The topological polar surface area (TPSA) is 88.3 Å². The summed E-state index contributed by atoms with van der Waals surface area (Å²) in [6.07, 6.45) is -0.120. The molecule has 0 bridgehead atoms. The fourth-order valence-corrected chi connectivity index (χ4v) is 2.15. The minimum Gasteiger partial charge on any atom is -0.496 e. The van der Waals surface area contributed by atoms with Gasteiger partial charge in [-0.3, -0.25) is 4.79 Å². The average Bonchev–Trinajstić information content (AvgIpc) is 2.66. The molecular formula is C13H16N2O3. The summed E-state index contributed by atoms with van der Waals surface area (Å²) in [4.78, 5) is 13.9. The van der Waals surface area contributed by atoms with Gasteiger partial charge in [0.05, 0.1) is 13.5 Å². The summed E-state index contributed by atoms with van der Waals surface area (Å²) in [5, 5.41) is 9.72. The van der Waals surface area contributed by atoms with Gasteiger partial charge in [0.15, 0.2) is 0 Å². The molecule has 4 N–H and O–H groups in total. The highest BCUT2D eigenvalue weighted by Gasteiger charge is 2.18. The van der Waals surface area contributed by atoms with Crippen molar-refractivity contribution in [2.45, 2.75) is 19.4 Å². The third kappa shape index (κ3) is 2.17. The largest absolute Gasteiger partial charge is 0.496 e. The molecule has 0 aliphatic rings. The summed E-state index contributed by atoms with van der Waals surface area (Å²) < 4.78 is 5.38. The van der Waals surface area contributed by atoms with E-state index in [1.54, 1.807) is 7.11 Å². The monoisotopic (exact) mass is 248 g/mol. The number of carboxylic acids is 1. The normalized spacial score (nSPS) is 12.6. The Hall–Kier alpha value is -2.01. The Morgan fingerprint density at radius 1 is 1.56 bits per heavy atom. The van der Waals surface area contributed by atoms with Crippen molar-refractivity contribution < 1.29 is 14.6 Å². The van der Waals surface area contributed by atoms with Gasteiger partial charge in [0, 0.05) is 28.2 Å². The lowest BCUT2D eigenvalue weighted by Gasteiger charge is -2.14. The Morgan fingerprint density at radius 2 is 2.28 bits per heavy atom. The molecular weight excluding hydrogens is 232 g/mol. The fourth-order valence-electron chi connectivity index (χ4n) is 2.15. The molecule has 0 aliphatic carbocycles. The number of carboxylic acid groups (broad SMARTS) is 1. The highest BCUT2D eigenvalue weighted by Crippen LogP contribution is 2.34. The van der Waals surface area contributed by atoms with E-state index in [2.05, 4.69) is 4.98 Å². The SMILES string of the molecule is COc1c(C(N)CC(=O)O)ccc2[nH]c(C)cc12. The van der Waals surface area contributed by atoms with Crippen LogP contribution in [0.5, 0.6) is 5.75 Å².